The lowest BCUT2D eigenvalue weighted by atomic mass is 10.0. The molecule has 28 heavy (non-hydrogen) atoms. The van der Waals surface area contributed by atoms with Crippen molar-refractivity contribution in [2.45, 2.75) is 32.7 Å². The minimum Gasteiger partial charge on any atom is -0.349 e. The van der Waals surface area contributed by atoms with Crippen molar-refractivity contribution in [1.82, 2.24) is 10.3 Å². The van der Waals surface area contributed by atoms with E-state index in [9.17, 15) is 9.59 Å². The maximum atomic E-state index is 12.4. The highest BCUT2D eigenvalue weighted by molar-refractivity contribution is 7.14. The molecular weight excluding hydrogens is 370 g/mol. The molecule has 2 N–H and O–H groups in total. The summed E-state index contributed by atoms with van der Waals surface area (Å²) in [5, 5.41) is 8.12. The van der Waals surface area contributed by atoms with Gasteiger partial charge < -0.3 is 5.32 Å². The smallest absolute Gasteiger partial charge is 0.257 e. The first-order valence-corrected chi connectivity index (χ1v) is 10.1. The monoisotopic (exact) mass is 393 g/mol. The Labute approximate surface area is 168 Å². The lowest BCUT2D eigenvalue weighted by Crippen LogP contribution is -2.29. The largest absolute Gasteiger partial charge is 0.349 e. The lowest BCUT2D eigenvalue weighted by molar-refractivity contribution is -0.121. The van der Waals surface area contributed by atoms with E-state index in [0.717, 1.165) is 12.0 Å². The Bertz CT molecular complexity index is 936. The fourth-order valence-corrected chi connectivity index (χ4v) is 3.54. The number of thiazole rings is 1. The first-order valence-electron chi connectivity index (χ1n) is 9.22. The predicted octanol–water partition coefficient (Wildman–Crippen LogP) is 4.51. The quantitative estimate of drug-likeness (QED) is 0.620. The van der Waals surface area contributed by atoms with Crippen LogP contribution in [0.5, 0.6) is 0 Å². The number of nitrogens with one attached hydrogen (secondary N) is 2. The molecule has 0 aliphatic rings. The van der Waals surface area contributed by atoms with E-state index < -0.39 is 0 Å². The zero-order chi connectivity index (χ0) is 19.9. The van der Waals surface area contributed by atoms with Crippen LogP contribution < -0.4 is 10.6 Å². The van der Waals surface area contributed by atoms with E-state index in [0.29, 0.717) is 16.4 Å². The van der Waals surface area contributed by atoms with Gasteiger partial charge in [0.05, 0.1) is 18.2 Å². The van der Waals surface area contributed by atoms with Crippen molar-refractivity contribution in [3.8, 4) is 0 Å². The minimum absolute atomic E-state index is 0.0241. The zero-order valence-electron chi connectivity index (χ0n) is 15.9. The Morgan fingerprint density at radius 3 is 2.46 bits per heavy atom. The summed E-state index contributed by atoms with van der Waals surface area (Å²) in [6, 6.07) is 17.1. The molecule has 0 saturated heterocycles. The minimum atomic E-state index is -0.212. The van der Waals surface area contributed by atoms with Crippen molar-refractivity contribution in [3.63, 3.8) is 0 Å². The Morgan fingerprint density at radius 2 is 1.79 bits per heavy atom. The van der Waals surface area contributed by atoms with Crippen molar-refractivity contribution in [3.05, 3.63) is 82.4 Å². The van der Waals surface area contributed by atoms with E-state index in [2.05, 4.69) is 15.6 Å². The van der Waals surface area contributed by atoms with Gasteiger partial charge in [-0.1, -0.05) is 55.0 Å². The highest BCUT2D eigenvalue weighted by Gasteiger charge is 2.15. The number of nitrogens with zero attached hydrogens (tertiary/aromatic N) is 1. The van der Waals surface area contributed by atoms with Gasteiger partial charge in [0, 0.05) is 10.9 Å². The number of anilines is 1. The third kappa shape index (κ3) is 5.27. The van der Waals surface area contributed by atoms with Crippen LogP contribution in [-0.4, -0.2) is 16.8 Å². The molecule has 1 atom stereocenters. The van der Waals surface area contributed by atoms with Crippen molar-refractivity contribution in [2.24, 2.45) is 0 Å². The second-order valence-electron chi connectivity index (χ2n) is 6.58. The van der Waals surface area contributed by atoms with Gasteiger partial charge in [-0.3, -0.25) is 14.9 Å². The summed E-state index contributed by atoms with van der Waals surface area (Å²) < 4.78 is 0. The average Bonchev–Trinajstić information content (AvgIpc) is 3.14. The molecule has 0 aliphatic carbocycles. The van der Waals surface area contributed by atoms with Gasteiger partial charge in [0.1, 0.15) is 0 Å². The first-order chi connectivity index (χ1) is 13.5. The number of rotatable bonds is 7. The van der Waals surface area contributed by atoms with E-state index in [1.165, 1.54) is 16.9 Å². The lowest BCUT2D eigenvalue weighted by Gasteiger charge is -2.17. The van der Waals surface area contributed by atoms with E-state index in [4.69, 9.17) is 0 Å². The summed E-state index contributed by atoms with van der Waals surface area (Å²) in [7, 11) is 0. The Morgan fingerprint density at radius 1 is 1.07 bits per heavy atom. The predicted molar refractivity (Wildman–Crippen MR) is 113 cm³/mol. The van der Waals surface area contributed by atoms with Crippen LogP contribution in [0.4, 0.5) is 5.13 Å². The SMILES string of the molecule is CCC(NC(=O)Cc1csc(NC(=O)c2ccccc2)n1)c1ccc(C)cc1. The number of carbonyl (C=O) groups excluding carboxylic acids is 2. The molecule has 1 heterocycles. The molecule has 1 unspecified atom stereocenters. The van der Waals surface area contributed by atoms with Crippen molar-refractivity contribution < 1.29 is 9.59 Å². The van der Waals surface area contributed by atoms with Gasteiger partial charge in [-0.25, -0.2) is 4.98 Å². The summed E-state index contributed by atoms with van der Waals surface area (Å²) >= 11 is 1.31. The molecular formula is C22H23N3O2S. The van der Waals surface area contributed by atoms with Crippen LogP contribution in [0.25, 0.3) is 0 Å². The van der Waals surface area contributed by atoms with Crippen LogP contribution in [0.1, 0.15) is 46.6 Å². The van der Waals surface area contributed by atoms with Crippen molar-refractivity contribution >= 4 is 28.3 Å². The molecule has 2 amide bonds. The number of hydrogen-bond donors (Lipinski definition) is 2. The zero-order valence-corrected chi connectivity index (χ0v) is 16.8. The van der Waals surface area contributed by atoms with Crippen LogP contribution >= 0.6 is 11.3 Å². The number of amides is 2. The number of aromatic nitrogens is 1. The summed E-state index contributed by atoms with van der Waals surface area (Å²) in [6.07, 6.45) is 0.990. The van der Waals surface area contributed by atoms with Crippen molar-refractivity contribution in [2.75, 3.05) is 5.32 Å². The van der Waals surface area contributed by atoms with Crippen LogP contribution in [-0.2, 0) is 11.2 Å². The summed E-state index contributed by atoms with van der Waals surface area (Å²) in [5.74, 6) is -0.296. The van der Waals surface area contributed by atoms with Gasteiger partial charge in [0.25, 0.3) is 5.91 Å². The average molecular weight is 394 g/mol. The molecule has 3 rings (SSSR count). The van der Waals surface area contributed by atoms with Gasteiger partial charge >= 0.3 is 0 Å². The molecule has 3 aromatic rings. The third-order valence-electron chi connectivity index (χ3n) is 4.37. The number of aryl methyl sites for hydroxylation is 1. The van der Waals surface area contributed by atoms with Gasteiger partial charge in [0.15, 0.2) is 5.13 Å². The Balaban J connectivity index is 1.57. The van der Waals surface area contributed by atoms with Gasteiger partial charge in [-0.15, -0.1) is 11.3 Å². The number of hydrogen-bond acceptors (Lipinski definition) is 4. The van der Waals surface area contributed by atoms with Gasteiger partial charge in [0.2, 0.25) is 5.91 Å². The van der Waals surface area contributed by atoms with Gasteiger partial charge in [-0.05, 0) is 31.0 Å². The third-order valence-corrected chi connectivity index (χ3v) is 5.18. The molecule has 2 aromatic carbocycles. The first kappa shape index (κ1) is 19.8. The highest BCUT2D eigenvalue weighted by Crippen LogP contribution is 2.19. The maximum absolute atomic E-state index is 12.4. The molecule has 0 fully saturated rings. The summed E-state index contributed by atoms with van der Waals surface area (Å²) in [5.41, 5.74) is 3.50. The topological polar surface area (TPSA) is 71.1 Å². The molecule has 6 heteroatoms. The Hall–Kier alpha value is -2.99. The van der Waals surface area contributed by atoms with Crippen molar-refractivity contribution in [1.29, 1.82) is 0 Å². The van der Waals surface area contributed by atoms with Crippen LogP contribution in [0.15, 0.2) is 60.0 Å². The van der Waals surface area contributed by atoms with Crippen LogP contribution in [0.3, 0.4) is 0 Å². The number of carbonyl (C=O) groups is 2. The van der Waals surface area contributed by atoms with E-state index >= 15 is 0 Å². The molecule has 5 nitrogen and oxygen atoms in total. The Kier molecular flexibility index (Phi) is 6.55. The molecule has 0 aliphatic heterocycles. The fourth-order valence-electron chi connectivity index (χ4n) is 2.83. The molecule has 0 saturated carbocycles. The van der Waals surface area contributed by atoms with E-state index in [-0.39, 0.29) is 24.3 Å². The maximum Gasteiger partial charge on any atom is 0.257 e. The molecule has 144 valence electrons. The second-order valence-corrected chi connectivity index (χ2v) is 7.44. The summed E-state index contributed by atoms with van der Waals surface area (Å²) in [6.45, 7) is 4.09. The van der Waals surface area contributed by atoms with Gasteiger partial charge in [-0.2, -0.15) is 0 Å². The van der Waals surface area contributed by atoms with E-state index in [1.807, 2.05) is 56.3 Å². The number of benzene rings is 2. The molecule has 1 aromatic heterocycles. The second kappa shape index (κ2) is 9.28. The molecule has 0 radical (unpaired) electrons. The summed E-state index contributed by atoms with van der Waals surface area (Å²) in [4.78, 5) is 29.0. The molecule has 0 spiro atoms. The fraction of sp³-hybridized carbons (Fsp3) is 0.227. The van der Waals surface area contributed by atoms with Crippen LogP contribution in [0.2, 0.25) is 0 Å². The standard InChI is InChI=1S/C22H23N3O2S/c1-3-19(16-11-9-15(2)10-12-16)24-20(26)13-18-14-28-22(23-18)25-21(27)17-7-5-4-6-8-17/h4-12,14,19H,3,13H2,1-2H3,(H,24,26)(H,23,25,27). The van der Waals surface area contributed by atoms with E-state index in [1.54, 1.807) is 17.5 Å². The van der Waals surface area contributed by atoms with Crippen LogP contribution in [0, 0.1) is 6.92 Å². The molecule has 0 bridgehead atoms. The normalized spacial score (nSPS) is 11.6. The highest BCUT2D eigenvalue weighted by atomic mass is 32.1.